The zero-order chi connectivity index (χ0) is 18.0. The summed E-state index contributed by atoms with van der Waals surface area (Å²) in [5, 5.41) is 3.42. The molecule has 1 heterocycles. The molecule has 4 nitrogen and oxygen atoms in total. The summed E-state index contributed by atoms with van der Waals surface area (Å²) in [5.74, 6) is 1.01. The lowest BCUT2D eigenvalue weighted by Gasteiger charge is -2.36. The van der Waals surface area contributed by atoms with Crippen molar-refractivity contribution in [2.45, 2.75) is 64.0 Å². The highest BCUT2D eigenvalue weighted by atomic mass is 16.5. The minimum Gasteiger partial charge on any atom is -0.375 e. The summed E-state index contributed by atoms with van der Waals surface area (Å²) in [6.45, 7) is 3.62. The molecule has 0 bridgehead atoms. The van der Waals surface area contributed by atoms with Gasteiger partial charge < -0.3 is 15.0 Å². The molecule has 1 saturated carbocycles. The molecule has 0 aromatic heterocycles. The van der Waals surface area contributed by atoms with E-state index in [4.69, 9.17) is 4.74 Å². The van der Waals surface area contributed by atoms with Crippen LogP contribution in [0.2, 0.25) is 0 Å². The van der Waals surface area contributed by atoms with Gasteiger partial charge in [0.15, 0.2) is 0 Å². The summed E-state index contributed by atoms with van der Waals surface area (Å²) in [7, 11) is 0. The number of amides is 1. The number of hydrogen-bond donors (Lipinski definition) is 1. The Morgan fingerprint density at radius 3 is 2.62 bits per heavy atom. The highest BCUT2D eigenvalue weighted by molar-refractivity contribution is 5.78. The Morgan fingerprint density at radius 2 is 1.81 bits per heavy atom. The zero-order valence-corrected chi connectivity index (χ0v) is 16.0. The van der Waals surface area contributed by atoms with Crippen molar-refractivity contribution in [1.29, 1.82) is 0 Å². The van der Waals surface area contributed by atoms with Crippen LogP contribution in [0.5, 0.6) is 0 Å². The van der Waals surface area contributed by atoms with Crippen molar-refractivity contribution in [3.8, 4) is 0 Å². The van der Waals surface area contributed by atoms with Crippen LogP contribution in [-0.2, 0) is 16.1 Å². The smallest absolute Gasteiger partial charge is 0.236 e. The third-order valence-corrected chi connectivity index (χ3v) is 5.80. The highest BCUT2D eigenvalue weighted by Gasteiger charge is 2.26. The van der Waals surface area contributed by atoms with Crippen LogP contribution in [-0.4, -0.2) is 43.1 Å². The standard InChI is InChI=1S/C22H34N2O2/c25-22(16-23-15-19-9-3-1-4-10-19)24-14-8-7-13-21(24)18-26-17-20-11-5-2-6-12-20/h2,5-6,11-12,19,21,23H,1,3-4,7-10,13-18H2. The maximum Gasteiger partial charge on any atom is 0.236 e. The lowest BCUT2D eigenvalue weighted by atomic mass is 9.89. The van der Waals surface area contributed by atoms with Crippen LogP contribution in [0, 0.1) is 5.92 Å². The third-order valence-electron chi connectivity index (χ3n) is 5.80. The molecule has 1 unspecified atom stereocenters. The van der Waals surface area contributed by atoms with Crippen molar-refractivity contribution in [3.63, 3.8) is 0 Å². The highest BCUT2D eigenvalue weighted by Crippen LogP contribution is 2.23. The van der Waals surface area contributed by atoms with Crippen molar-refractivity contribution in [1.82, 2.24) is 10.2 Å². The molecule has 1 atom stereocenters. The van der Waals surface area contributed by atoms with Crippen LogP contribution in [0.3, 0.4) is 0 Å². The van der Waals surface area contributed by atoms with Crippen molar-refractivity contribution >= 4 is 5.91 Å². The van der Waals surface area contributed by atoms with Crippen molar-refractivity contribution in [2.24, 2.45) is 5.92 Å². The quantitative estimate of drug-likeness (QED) is 0.769. The van der Waals surface area contributed by atoms with Crippen LogP contribution >= 0.6 is 0 Å². The topological polar surface area (TPSA) is 41.6 Å². The number of carbonyl (C=O) groups excluding carboxylic acids is 1. The van der Waals surface area contributed by atoms with Gasteiger partial charge in [0, 0.05) is 6.54 Å². The van der Waals surface area contributed by atoms with Gasteiger partial charge in [0.1, 0.15) is 0 Å². The molecule has 1 aromatic carbocycles. The molecule has 2 aliphatic rings. The number of nitrogens with one attached hydrogen (secondary N) is 1. The maximum absolute atomic E-state index is 12.7. The molecule has 1 aliphatic heterocycles. The summed E-state index contributed by atoms with van der Waals surface area (Å²) < 4.78 is 5.92. The minimum atomic E-state index is 0.233. The lowest BCUT2D eigenvalue weighted by Crippen LogP contribution is -2.49. The van der Waals surface area contributed by atoms with E-state index in [2.05, 4.69) is 22.3 Å². The molecule has 0 radical (unpaired) electrons. The van der Waals surface area contributed by atoms with Gasteiger partial charge in [-0.2, -0.15) is 0 Å². The molecular weight excluding hydrogens is 324 g/mol. The average molecular weight is 359 g/mol. The Balaban J connectivity index is 1.39. The van der Waals surface area contributed by atoms with Gasteiger partial charge in [-0.15, -0.1) is 0 Å². The third kappa shape index (κ3) is 6.10. The first-order valence-corrected chi connectivity index (χ1v) is 10.4. The normalized spacial score (nSPS) is 21.7. The van der Waals surface area contributed by atoms with Gasteiger partial charge in [-0.1, -0.05) is 49.6 Å². The van der Waals surface area contributed by atoms with E-state index >= 15 is 0 Å². The zero-order valence-electron chi connectivity index (χ0n) is 16.0. The monoisotopic (exact) mass is 358 g/mol. The molecule has 1 aromatic rings. The van der Waals surface area contributed by atoms with Gasteiger partial charge >= 0.3 is 0 Å². The molecule has 26 heavy (non-hydrogen) atoms. The molecule has 4 heteroatoms. The van der Waals surface area contributed by atoms with Crippen LogP contribution in [0.15, 0.2) is 30.3 Å². The van der Waals surface area contributed by atoms with Crippen LogP contribution in [0.1, 0.15) is 56.9 Å². The van der Waals surface area contributed by atoms with Gasteiger partial charge in [0.25, 0.3) is 0 Å². The number of hydrogen-bond acceptors (Lipinski definition) is 3. The molecule has 1 N–H and O–H groups in total. The Morgan fingerprint density at radius 1 is 1.04 bits per heavy atom. The van der Waals surface area contributed by atoms with Crippen LogP contribution in [0.25, 0.3) is 0 Å². The number of benzene rings is 1. The van der Waals surface area contributed by atoms with E-state index in [0.29, 0.717) is 19.8 Å². The van der Waals surface area contributed by atoms with Gasteiger partial charge in [-0.05, 0) is 50.1 Å². The number of rotatable bonds is 8. The summed E-state index contributed by atoms with van der Waals surface area (Å²) >= 11 is 0. The number of likely N-dealkylation sites (tertiary alicyclic amines) is 1. The Kier molecular flexibility index (Phi) is 7.96. The van der Waals surface area contributed by atoms with Gasteiger partial charge in [0.05, 0.1) is 25.8 Å². The maximum atomic E-state index is 12.7. The van der Waals surface area contributed by atoms with Gasteiger partial charge in [-0.3, -0.25) is 4.79 Å². The van der Waals surface area contributed by atoms with E-state index in [1.165, 1.54) is 44.1 Å². The number of ether oxygens (including phenoxy) is 1. The molecule has 1 saturated heterocycles. The Labute approximate surface area is 158 Å². The summed E-state index contributed by atoms with van der Waals surface area (Å²) in [6.07, 6.45) is 10.1. The SMILES string of the molecule is O=C(CNCC1CCCCC1)N1CCCCC1COCc1ccccc1. The van der Waals surface area contributed by atoms with E-state index < -0.39 is 0 Å². The first-order chi connectivity index (χ1) is 12.8. The van der Waals surface area contributed by atoms with Gasteiger partial charge in [0.2, 0.25) is 5.91 Å². The second-order valence-corrected chi connectivity index (χ2v) is 7.87. The summed E-state index contributed by atoms with van der Waals surface area (Å²) in [6, 6.07) is 10.5. The molecule has 1 aliphatic carbocycles. The Bertz CT molecular complexity index is 528. The second-order valence-electron chi connectivity index (χ2n) is 7.87. The molecule has 1 amide bonds. The summed E-state index contributed by atoms with van der Waals surface area (Å²) in [5.41, 5.74) is 1.19. The van der Waals surface area contributed by atoms with E-state index in [1.54, 1.807) is 0 Å². The van der Waals surface area contributed by atoms with Crippen LogP contribution in [0.4, 0.5) is 0 Å². The largest absolute Gasteiger partial charge is 0.375 e. The van der Waals surface area contributed by atoms with Gasteiger partial charge in [-0.25, -0.2) is 0 Å². The fourth-order valence-corrected chi connectivity index (χ4v) is 4.27. The van der Waals surface area contributed by atoms with E-state index in [-0.39, 0.29) is 11.9 Å². The number of carbonyl (C=O) groups is 1. The molecule has 3 rings (SSSR count). The first kappa shape index (κ1) is 19.4. The van der Waals surface area contributed by atoms with E-state index in [1.807, 2.05) is 18.2 Å². The Hall–Kier alpha value is -1.39. The minimum absolute atomic E-state index is 0.233. The fourth-order valence-electron chi connectivity index (χ4n) is 4.27. The average Bonchev–Trinajstić information content (AvgIpc) is 2.70. The predicted octanol–water partition coefficient (Wildman–Crippen LogP) is 3.75. The number of piperidine rings is 1. The molecule has 2 fully saturated rings. The predicted molar refractivity (Wildman–Crippen MR) is 105 cm³/mol. The lowest BCUT2D eigenvalue weighted by molar-refractivity contribution is -0.135. The van der Waals surface area contributed by atoms with Crippen molar-refractivity contribution in [2.75, 3.05) is 26.2 Å². The van der Waals surface area contributed by atoms with E-state index in [0.717, 1.165) is 31.8 Å². The molecular formula is C22H34N2O2. The van der Waals surface area contributed by atoms with Crippen molar-refractivity contribution < 1.29 is 9.53 Å². The molecule has 144 valence electrons. The first-order valence-electron chi connectivity index (χ1n) is 10.4. The fraction of sp³-hybridized carbons (Fsp3) is 0.682. The van der Waals surface area contributed by atoms with Crippen LogP contribution < -0.4 is 5.32 Å². The van der Waals surface area contributed by atoms with Crippen molar-refractivity contribution in [3.05, 3.63) is 35.9 Å². The van der Waals surface area contributed by atoms with E-state index in [9.17, 15) is 4.79 Å². The summed E-state index contributed by atoms with van der Waals surface area (Å²) in [4.78, 5) is 14.7. The number of nitrogens with zero attached hydrogens (tertiary/aromatic N) is 1. The molecule has 0 spiro atoms. The second kappa shape index (κ2) is 10.7.